The minimum atomic E-state index is -5.03. The summed E-state index contributed by atoms with van der Waals surface area (Å²) in [5, 5.41) is 0. The molecule has 1 aliphatic rings. The van der Waals surface area contributed by atoms with Crippen molar-refractivity contribution in [2.24, 2.45) is 0 Å². The van der Waals surface area contributed by atoms with Crippen molar-refractivity contribution in [3.8, 4) is 5.75 Å². The van der Waals surface area contributed by atoms with Crippen LogP contribution in [0.1, 0.15) is 12.8 Å². The van der Waals surface area contributed by atoms with Crippen LogP contribution in [0.15, 0.2) is 24.3 Å². The van der Waals surface area contributed by atoms with Crippen LogP contribution in [-0.2, 0) is 4.74 Å². The van der Waals surface area contributed by atoms with Crippen LogP contribution in [0.2, 0.25) is 0 Å². The molecule has 17 heavy (non-hydrogen) atoms. The van der Waals surface area contributed by atoms with Gasteiger partial charge < -0.3 is 22.4 Å². The molecule has 1 aliphatic heterocycles. The number of hydrogen-bond donors (Lipinski definition) is 0. The monoisotopic (exact) mass is 245 g/mol. The Hall–Kier alpha value is -1.17. The second-order valence-corrected chi connectivity index (χ2v) is 4.07. The smallest absolute Gasteiger partial charge is 0.491 e. The van der Waals surface area contributed by atoms with Crippen molar-refractivity contribution in [3.05, 3.63) is 24.3 Å². The lowest BCUT2D eigenvalue weighted by molar-refractivity contribution is 0.00776. The highest BCUT2D eigenvalue weighted by Crippen LogP contribution is 2.20. The molecule has 1 heterocycles. The summed E-state index contributed by atoms with van der Waals surface area (Å²) in [7, 11) is 0. The Labute approximate surface area is 97.8 Å². The maximum atomic E-state index is 12.8. The predicted molar refractivity (Wildman–Crippen MR) is 59.6 cm³/mol. The Morgan fingerprint density at radius 2 is 2.00 bits per heavy atom. The van der Waals surface area contributed by atoms with Crippen molar-refractivity contribution in [3.63, 3.8) is 0 Å². The van der Waals surface area contributed by atoms with Crippen molar-refractivity contribution in [1.29, 1.82) is 0 Å². The first-order valence-corrected chi connectivity index (χ1v) is 5.60. The summed E-state index contributed by atoms with van der Waals surface area (Å²) in [6, 6.07) is 5.33. The minimum Gasteiger partial charge on any atom is -0.491 e. The van der Waals surface area contributed by atoms with Gasteiger partial charge in [-0.25, -0.2) is 0 Å². The number of benzene rings is 1. The van der Waals surface area contributed by atoms with Crippen LogP contribution in [0, 0.1) is 0 Å². The van der Waals surface area contributed by atoms with Crippen molar-refractivity contribution < 1.29 is 22.4 Å². The molecule has 0 aliphatic carbocycles. The van der Waals surface area contributed by atoms with Crippen molar-refractivity contribution in [2.45, 2.75) is 18.9 Å². The first kappa shape index (κ1) is 12.3. The molecule has 0 spiro atoms. The van der Waals surface area contributed by atoms with Gasteiger partial charge in [-0.3, -0.25) is 0 Å². The lowest BCUT2D eigenvalue weighted by Crippen LogP contribution is -2.37. The average molecular weight is 245 g/mol. The maximum Gasteiger partial charge on any atom is 0.513 e. The van der Waals surface area contributed by atoms with Gasteiger partial charge in [0.15, 0.2) is 0 Å². The van der Waals surface area contributed by atoms with Crippen molar-refractivity contribution in [2.75, 3.05) is 13.2 Å². The van der Waals surface area contributed by atoms with Crippen LogP contribution in [0.4, 0.5) is 12.9 Å². The Morgan fingerprint density at radius 1 is 1.24 bits per heavy atom. The molecule has 0 amide bonds. The molecular weight excluding hydrogens is 232 g/mol. The molecule has 0 bridgehead atoms. The molecular formula is C11H13BF3O2-. The highest BCUT2D eigenvalue weighted by molar-refractivity contribution is 6.74. The van der Waals surface area contributed by atoms with E-state index in [0.717, 1.165) is 18.9 Å². The van der Waals surface area contributed by atoms with Crippen LogP contribution >= 0.6 is 0 Å². The fourth-order valence-electron chi connectivity index (χ4n) is 1.84. The van der Waals surface area contributed by atoms with E-state index in [4.69, 9.17) is 9.47 Å². The van der Waals surface area contributed by atoms with Gasteiger partial charge in [0.1, 0.15) is 6.10 Å². The molecule has 94 valence electrons. The Balaban J connectivity index is 2.14. The molecule has 6 heteroatoms. The zero-order chi connectivity index (χ0) is 12.3. The van der Waals surface area contributed by atoms with E-state index in [1.165, 1.54) is 12.1 Å². The average Bonchev–Trinajstić information content (AvgIpc) is 2.30. The molecule has 0 N–H and O–H groups in total. The summed E-state index contributed by atoms with van der Waals surface area (Å²) in [4.78, 5) is 0. The van der Waals surface area contributed by atoms with E-state index in [1.807, 2.05) is 0 Å². The van der Waals surface area contributed by atoms with Crippen molar-refractivity contribution >= 4 is 12.4 Å². The molecule has 1 saturated heterocycles. The highest BCUT2D eigenvalue weighted by atomic mass is 19.4. The summed E-state index contributed by atoms with van der Waals surface area (Å²) < 4.78 is 48.8. The van der Waals surface area contributed by atoms with E-state index in [2.05, 4.69) is 0 Å². The Morgan fingerprint density at radius 3 is 2.65 bits per heavy atom. The van der Waals surface area contributed by atoms with Gasteiger partial charge in [0.25, 0.3) is 0 Å². The van der Waals surface area contributed by atoms with E-state index in [-0.39, 0.29) is 11.9 Å². The number of ether oxygens (including phenoxy) is 2. The van der Waals surface area contributed by atoms with Gasteiger partial charge in [-0.15, -0.1) is 0 Å². The lowest BCUT2D eigenvalue weighted by Gasteiger charge is -2.27. The maximum absolute atomic E-state index is 12.8. The summed E-state index contributed by atoms with van der Waals surface area (Å²) in [5.41, 5.74) is -0.668. The molecule has 1 unspecified atom stereocenters. The topological polar surface area (TPSA) is 18.5 Å². The standard InChI is InChI=1S/C11H13BF3O2/c13-12(14,15)10-5-1-2-6-11(10)17-9-4-3-7-16-8-9/h1-2,5-6,9H,3-4,7-8H2/q-1. The van der Waals surface area contributed by atoms with Crippen LogP contribution in [0.25, 0.3) is 0 Å². The van der Waals surface area contributed by atoms with Crippen molar-refractivity contribution in [1.82, 2.24) is 0 Å². The lowest BCUT2D eigenvalue weighted by atomic mass is 9.79. The first-order chi connectivity index (χ1) is 8.07. The summed E-state index contributed by atoms with van der Waals surface area (Å²) in [6.07, 6.45) is 1.28. The van der Waals surface area contributed by atoms with Gasteiger partial charge in [-0.05, 0) is 18.9 Å². The quantitative estimate of drug-likeness (QED) is 0.760. The van der Waals surface area contributed by atoms with Gasteiger partial charge in [0.2, 0.25) is 0 Å². The van der Waals surface area contributed by atoms with Crippen LogP contribution in [0.5, 0.6) is 5.75 Å². The number of halogens is 3. The van der Waals surface area contributed by atoms with Gasteiger partial charge in [-0.2, -0.15) is 0 Å². The van der Waals surface area contributed by atoms with Gasteiger partial charge in [-0.1, -0.05) is 23.7 Å². The molecule has 0 aromatic heterocycles. The van der Waals surface area contributed by atoms with Crippen LogP contribution in [0.3, 0.4) is 0 Å². The van der Waals surface area contributed by atoms with Gasteiger partial charge in [0, 0.05) is 6.61 Å². The Bertz CT molecular complexity index is 375. The van der Waals surface area contributed by atoms with E-state index in [9.17, 15) is 12.9 Å². The normalized spacial score (nSPS) is 21.2. The fraction of sp³-hybridized carbons (Fsp3) is 0.455. The van der Waals surface area contributed by atoms with E-state index in [1.54, 1.807) is 6.07 Å². The number of hydrogen-bond acceptors (Lipinski definition) is 2. The zero-order valence-corrected chi connectivity index (χ0v) is 9.24. The molecule has 0 saturated carbocycles. The number of para-hydroxylation sites is 1. The first-order valence-electron chi connectivity index (χ1n) is 5.60. The van der Waals surface area contributed by atoms with E-state index in [0.29, 0.717) is 13.2 Å². The summed E-state index contributed by atoms with van der Waals surface area (Å²) in [5.74, 6) is -0.0875. The van der Waals surface area contributed by atoms with Gasteiger partial charge in [0.05, 0.1) is 12.4 Å². The summed E-state index contributed by atoms with van der Waals surface area (Å²) in [6.45, 7) is -4.02. The zero-order valence-electron chi connectivity index (χ0n) is 9.24. The highest BCUT2D eigenvalue weighted by Gasteiger charge is 2.29. The molecule has 2 rings (SSSR count). The second kappa shape index (κ2) is 5.00. The van der Waals surface area contributed by atoms with Crippen LogP contribution in [-0.4, -0.2) is 26.3 Å². The fourth-order valence-corrected chi connectivity index (χ4v) is 1.84. The molecule has 1 fully saturated rings. The third-order valence-corrected chi connectivity index (χ3v) is 2.68. The second-order valence-electron chi connectivity index (χ2n) is 4.07. The van der Waals surface area contributed by atoms with E-state index >= 15 is 0 Å². The SMILES string of the molecule is F[B-](F)(F)c1ccccc1OC1CCCOC1. The summed E-state index contributed by atoms with van der Waals surface area (Å²) >= 11 is 0. The molecule has 2 nitrogen and oxygen atoms in total. The largest absolute Gasteiger partial charge is 0.513 e. The molecule has 1 aromatic rings. The third-order valence-electron chi connectivity index (χ3n) is 2.68. The number of rotatable bonds is 3. The third kappa shape index (κ3) is 3.15. The molecule has 0 radical (unpaired) electrons. The van der Waals surface area contributed by atoms with Crippen LogP contribution < -0.4 is 10.2 Å². The molecule has 1 atom stereocenters. The van der Waals surface area contributed by atoms with Gasteiger partial charge >= 0.3 is 6.98 Å². The minimum absolute atomic E-state index is 0.0875. The Kier molecular flexibility index (Phi) is 3.62. The predicted octanol–water partition coefficient (Wildman–Crippen LogP) is 2.30. The molecule has 1 aromatic carbocycles. The van der Waals surface area contributed by atoms with E-state index < -0.39 is 12.4 Å².